The summed E-state index contributed by atoms with van der Waals surface area (Å²) in [4.78, 5) is 11.6. The van der Waals surface area contributed by atoms with Gasteiger partial charge in [0, 0.05) is 14.1 Å². The second kappa shape index (κ2) is 6.53. The smallest absolute Gasteiger partial charge is 0.248 e. The first-order valence-electron chi connectivity index (χ1n) is 5.87. The van der Waals surface area contributed by atoms with Crippen LogP contribution in [-0.4, -0.2) is 39.8 Å². The third kappa shape index (κ3) is 3.58. The maximum atomic E-state index is 12.1. The molecule has 0 fully saturated rings. The van der Waals surface area contributed by atoms with Gasteiger partial charge in [0.05, 0.1) is 17.7 Å². The van der Waals surface area contributed by atoms with E-state index in [9.17, 15) is 13.2 Å². The number of amides is 1. The Kier molecular flexibility index (Phi) is 5.29. The molecule has 110 valence electrons. The third-order valence-electron chi connectivity index (χ3n) is 2.53. The predicted octanol–water partition coefficient (Wildman–Crippen LogP) is 1.46. The first-order valence-corrected chi connectivity index (χ1v) is 7.31. The van der Waals surface area contributed by atoms with E-state index in [1.807, 2.05) is 0 Å². The number of benzene rings is 1. The van der Waals surface area contributed by atoms with Gasteiger partial charge in [0.15, 0.2) is 0 Å². The quantitative estimate of drug-likeness (QED) is 0.835. The van der Waals surface area contributed by atoms with Crippen molar-refractivity contribution >= 4 is 21.6 Å². The van der Waals surface area contributed by atoms with E-state index in [4.69, 9.17) is 4.74 Å². The van der Waals surface area contributed by atoms with Gasteiger partial charge < -0.3 is 10.1 Å². The van der Waals surface area contributed by atoms with Gasteiger partial charge in [0.2, 0.25) is 15.9 Å². The van der Waals surface area contributed by atoms with Crippen molar-refractivity contribution in [1.29, 1.82) is 0 Å². The number of nitrogens with one attached hydrogen (secondary N) is 1. The number of allylic oxidation sites excluding steroid dienone is 1. The Balaban J connectivity index is 3.25. The fraction of sp³-hybridized carbons (Fsp3) is 0.308. The number of ether oxygens (including phenoxy) is 1. The molecule has 0 saturated carbocycles. The molecule has 20 heavy (non-hydrogen) atoms. The van der Waals surface area contributed by atoms with Gasteiger partial charge in [-0.2, -0.15) is 0 Å². The van der Waals surface area contributed by atoms with Crippen molar-refractivity contribution in [1.82, 2.24) is 4.31 Å². The lowest BCUT2D eigenvalue weighted by Gasteiger charge is -2.14. The maximum absolute atomic E-state index is 12.1. The monoisotopic (exact) mass is 298 g/mol. The average Bonchev–Trinajstić information content (AvgIpc) is 2.38. The molecule has 1 amide bonds. The number of methoxy groups -OCH3 is 1. The van der Waals surface area contributed by atoms with Gasteiger partial charge in [-0.1, -0.05) is 6.08 Å². The van der Waals surface area contributed by atoms with Gasteiger partial charge in [-0.3, -0.25) is 4.79 Å². The number of carbonyl (C=O) groups is 1. The molecule has 0 spiro atoms. The number of carbonyl (C=O) groups excluding carboxylic acids is 1. The van der Waals surface area contributed by atoms with Crippen LogP contribution in [0.15, 0.2) is 35.2 Å². The van der Waals surface area contributed by atoms with Crippen molar-refractivity contribution in [2.45, 2.75) is 11.8 Å². The fourth-order valence-electron chi connectivity index (χ4n) is 1.48. The number of hydrogen-bond donors (Lipinski definition) is 1. The minimum absolute atomic E-state index is 0.0825. The molecule has 0 aromatic heterocycles. The summed E-state index contributed by atoms with van der Waals surface area (Å²) in [5.74, 6) is 0.0331. The number of nitrogens with zero attached hydrogens (tertiary/aromatic N) is 1. The molecule has 1 rings (SSSR count). The first-order chi connectivity index (χ1) is 9.32. The standard InChI is InChI=1S/C13H18N2O4S/c1-5-6-13(16)14-11-9-10(7-8-12(11)19-4)20(17,18)15(2)3/h5-9H,1-4H3,(H,14,16)/b6-5+. The Morgan fingerprint density at radius 3 is 2.50 bits per heavy atom. The first kappa shape index (κ1) is 16.2. The summed E-state index contributed by atoms with van der Waals surface area (Å²) in [6.07, 6.45) is 2.93. The van der Waals surface area contributed by atoms with E-state index in [1.54, 1.807) is 13.0 Å². The molecular formula is C13H18N2O4S. The Hall–Kier alpha value is -1.86. The zero-order chi connectivity index (χ0) is 15.3. The van der Waals surface area contributed by atoms with Gasteiger partial charge in [0.1, 0.15) is 5.75 Å². The molecule has 0 atom stereocenters. The average molecular weight is 298 g/mol. The van der Waals surface area contributed by atoms with Crippen LogP contribution < -0.4 is 10.1 Å². The minimum Gasteiger partial charge on any atom is -0.495 e. The molecule has 0 saturated heterocycles. The number of anilines is 1. The van der Waals surface area contributed by atoms with E-state index in [0.29, 0.717) is 11.4 Å². The van der Waals surface area contributed by atoms with Crippen LogP contribution >= 0.6 is 0 Å². The van der Waals surface area contributed by atoms with Crippen LogP contribution in [0.2, 0.25) is 0 Å². The van der Waals surface area contributed by atoms with Crippen LogP contribution in [0.1, 0.15) is 6.92 Å². The molecule has 0 unspecified atom stereocenters. The summed E-state index contributed by atoms with van der Waals surface area (Å²) in [6.45, 7) is 1.71. The Morgan fingerprint density at radius 2 is 2.00 bits per heavy atom. The SMILES string of the molecule is C/C=C/C(=O)Nc1cc(S(=O)(=O)N(C)C)ccc1OC. The van der Waals surface area contributed by atoms with Crippen LogP contribution in [0.5, 0.6) is 5.75 Å². The minimum atomic E-state index is -3.56. The van der Waals surface area contributed by atoms with Gasteiger partial charge in [-0.05, 0) is 31.2 Å². The summed E-state index contributed by atoms with van der Waals surface area (Å²) in [5, 5.41) is 2.58. The second-order valence-electron chi connectivity index (χ2n) is 4.14. The molecule has 6 nitrogen and oxygen atoms in total. The summed E-state index contributed by atoms with van der Waals surface area (Å²) in [7, 11) is 0.765. The van der Waals surface area contributed by atoms with E-state index in [2.05, 4.69) is 5.32 Å². The molecule has 1 aromatic carbocycles. The van der Waals surface area contributed by atoms with Gasteiger partial charge in [-0.15, -0.1) is 0 Å². The molecule has 1 N–H and O–H groups in total. The molecule has 0 bridgehead atoms. The van der Waals surface area contributed by atoms with Crippen molar-refractivity contribution in [3.63, 3.8) is 0 Å². The lowest BCUT2D eigenvalue weighted by molar-refractivity contribution is -0.111. The molecule has 0 radical (unpaired) electrons. The largest absolute Gasteiger partial charge is 0.495 e. The fourth-order valence-corrected chi connectivity index (χ4v) is 2.41. The Morgan fingerprint density at radius 1 is 1.35 bits per heavy atom. The van der Waals surface area contributed by atoms with E-state index >= 15 is 0 Å². The normalized spacial score (nSPS) is 11.8. The summed E-state index contributed by atoms with van der Waals surface area (Å²) in [6, 6.07) is 4.30. The molecule has 1 aromatic rings. The molecule has 7 heteroatoms. The highest BCUT2D eigenvalue weighted by atomic mass is 32.2. The zero-order valence-corrected chi connectivity index (χ0v) is 12.7. The van der Waals surface area contributed by atoms with Crippen LogP contribution in [0.4, 0.5) is 5.69 Å². The Labute approximate surface area is 119 Å². The second-order valence-corrected chi connectivity index (χ2v) is 6.29. The Bertz CT molecular complexity index is 621. The van der Waals surface area contributed by atoms with Crippen LogP contribution in [-0.2, 0) is 14.8 Å². The predicted molar refractivity (Wildman–Crippen MR) is 77.3 cm³/mol. The van der Waals surface area contributed by atoms with Crippen molar-refractivity contribution < 1.29 is 17.9 Å². The highest BCUT2D eigenvalue weighted by Gasteiger charge is 2.19. The number of hydrogen-bond acceptors (Lipinski definition) is 4. The highest BCUT2D eigenvalue weighted by Crippen LogP contribution is 2.28. The van der Waals surface area contributed by atoms with Crippen molar-refractivity contribution in [3.05, 3.63) is 30.4 Å². The van der Waals surface area contributed by atoms with Crippen LogP contribution in [0.3, 0.4) is 0 Å². The number of sulfonamides is 1. The summed E-state index contributed by atoms with van der Waals surface area (Å²) in [5.41, 5.74) is 0.304. The van der Waals surface area contributed by atoms with Gasteiger partial charge in [0.25, 0.3) is 0 Å². The molecule has 0 heterocycles. The molecule has 0 aliphatic heterocycles. The molecule has 0 aliphatic carbocycles. The number of rotatable bonds is 5. The molecule has 0 aliphatic rings. The van der Waals surface area contributed by atoms with E-state index in [-0.39, 0.29) is 10.8 Å². The third-order valence-corrected chi connectivity index (χ3v) is 4.34. The van der Waals surface area contributed by atoms with Gasteiger partial charge in [-0.25, -0.2) is 12.7 Å². The lowest BCUT2D eigenvalue weighted by atomic mass is 10.3. The zero-order valence-electron chi connectivity index (χ0n) is 11.9. The topological polar surface area (TPSA) is 75.7 Å². The van der Waals surface area contributed by atoms with Crippen molar-refractivity contribution in [3.8, 4) is 5.75 Å². The highest BCUT2D eigenvalue weighted by molar-refractivity contribution is 7.89. The van der Waals surface area contributed by atoms with E-state index in [1.165, 1.54) is 45.5 Å². The molecular weight excluding hydrogens is 280 g/mol. The van der Waals surface area contributed by atoms with E-state index in [0.717, 1.165) is 4.31 Å². The summed E-state index contributed by atoms with van der Waals surface area (Å²) < 4.78 is 30.3. The van der Waals surface area contributed by atoms with Crippen LogP contribution in [0, 0.1) is 0 Å². The van der Waals surface area contributed by atoms with E-state index < -0.39 is 10.0 Å². The van der Waals surface area contributed by atoms with Crippen molar-refractivity contribution in [2.24, 2.45) is 0 Å². The lowest BCUT2D eigenvalue weighted by Crippen LogP contribution is -2.22. The van der Waals surface area contributed by atoms with Crippen molar-refractivity contribution in [2.75, 3.05) is 26.5 Å². The summed E-state index contributed by atoms with van der Waals surface area (Å²) >= 11 is 0. The maximum Gasteiger partial charge on any atom is 0.248 e. The van der Waals surface area contributed by atoms with Crippen LogP contribution in [0.25, 0.3) is 0 Å². The van der Waals surface area contributed by atoms with Gasteiger partial charge >= 0.3 is 0 Å².